The number of amides is 1. The Hall–Kier alpha value is -1.79. The highest BCUT2D eigenvalue weighted by molar-refractivity contribution is 7.12. The van der Waals surface area contributed by atoms with Crippen LogP contribution in [0.3, 0.4) is 0 Å². The predicted molar refractivity (Wildman–Crippen MR) is 94.9 cm³/mol. The number of hydrogen-bond acceptors (Lipinski definition) is 4. The minimum atomic E-state index is -0.415. The van der Waals surface area contributed by atoms with Crippen LogP contribution in [0.1, 0.15) is 29.4 Å². The SMILES string of the molecule is C/C=C\C=C(\F)CC(=O)N1CCN(CCC(=O)c2cccs2)CC1. The molecule has 0 saturated carbocycles. The van der Waals surface area contributed by atoms with Crippen LogP contribution in [-0.4, -0.2) is 54.2 Å². The number of nitrogens with zero attached hydrogens (tertiary/aromatic N) is 2. The quantitative estimate of drug-likeness (QED) is 0.560. The van der Waals surface area contributed by atoms with Crippen LogP contribution in [0.5, 0.6) is 0 Å². The van der Waals surface area contributed by atoms with Gasteiger partial charge in [0.25, 0.3) is 0 Å². The zero-order valence-corrected chi connectivity index (χ0v) is 14.7. The van der Waals surface area contributed by atoms with Crippen molar-refractivity contribution in [3.8, 4) is 0 Å². The maximum absolute atomic E-state index is 13.5. The Morgan fingerprint density at radius 1 is 1.29 bits per heavy atom. The van der Waals surface area contributed by atoms with E-state index in [9.17, 15) is 14.0 Å². The van der Waals surface area contributed by atoms with Gasteiger partial charge >= 0.3 is 0 Å². The standard InChI is InChI=1S/C18H23FN2O2S/c1-2-3-5-15(19)14-18(23)21-11-9-20(10-12-21)8-7-16(22)17-6-4-13-24-17/h2-6,13H,7-12,14H2,1H3/b3-2-,15-5+. The maximum Gasteiger partial charge on any atom is 0.229 e. The lowest BCUT2D eigenvalue weighted by Crippen LogP contribution is -2.49. The summed E-state index contributed by atoms with van der Waals surface area (Å²) in [5, 5.41) is 1.90. The molecule has 1 aromatic rings. The lowest BCUT2D eigenvalue weighted by molar-refractivity contribution is -0.132. The molecule has 2 rings (SSSR count). The van der Waals surface area contributed by atoms with Crippen LogP contribution >= 0.6 is 11.3 Å². The molecule has 0 radical (unpaired) electrons. The lowest BCUT2D eigenvalue weighted by atomic mass is 10.2. The zero-order valence-electron chi connectivity index (χ0n) is 13.9. The number of thiophene rings is 1. The first-order chi connectivity index (χ1) is 11.6. The molecule has 0 unspecified atom stereocenters. The van der Waals surface area contributed by atoms with Crippen molar-refractivity contribution in [2.24, 2.45) is 0 Å². The largest absolute Gasteiger partial charge is 0.340 e. The molecule has 0 atom stereocenters. The van der Waals surface area contributed by atoms with E-state index >= 15 is 0 Å². The number of rotatable bonds is 7. The lowest BCUT2D eigenvalue weighted by Gasteiger charge is -2.34. The Bertz CT molecular complexity index is 603. The highest BCUT2D eigenvalue weighted by Gasteiger charge is 2.22. The molecule has 0 aromatic carbocycles. The van der Waals surface area contributed by atoms with E-state index in [1.807, 2.05) is 17.5 Å². The van der Waals surface area contributed by atoms with Crippen LogP contribution < -0.4 is 0 Å². The van der Waals surface area contributed by atoms with E-state index in [1.165, 1.54) is 17.4 Å². The molecule has 1 amide bonds. The van der Waals surface area contributed by atoms with E-state index in [4.69, 9.17) is 0 Å². The Morgan fingerprint density at radius 2 is 2.04 bits per heavy atom. The van der Waals surface area contributed by atoms with Gasteiger partial charge < -0.3 is 4.90 Å². The highest BCUT2D eigenvalue weighted by Crippen LogP contribution is 2.13. The molecule has 24 heavy (non-hydrogen) atoms. The topological polar surface area (TPSA) is 40.6 Å². The third kappa shape index (κ3) is 5.69. The molecule has 2 heterocycles. The number of carbonyl (C=O) groups excluding carboxylic acids is 2. The Kier molecular flexibility index (Phi) is 7.34. The van der Waals surface area contributed by atoms with Gasteiger partial charge in [0.05, 0.1) is 11.3 Å². The van der Waals surface area contributed by atoms with Crippen LogP contribution in [0, 0.1) is 0 Å². The van der Waals surface area contributed by atoms with Gasteiger partial charge in [-0.25, -0.2) is 4.39 Å². The monoisotopic (exact) mass is 350 g/mol. The molecule has 0 aliphatic carbocycles. The fourth-order valence-electron chi connectivity index (χ4n) is 2.56. The van der Waals surface area contributed by atoms with Crippen molar-refractivity contribution in [3.63, 3.8) is 0 Å². The first-order valence-corrected chi connectivity index (χ1v) is 9.02. The molecule has 4 nitrogen and oxygen atoms in total. The normalized spacial score (nSPS) is 16.8. The van der Waals surface area contributed by atoms with Crippen molar-refractivity contribution in [1.82, 2.24) is 9.80 Å². The van der Waals surface area contributed by atoms with E-state index in [1.54, 1.807) is 24.0 Å². The first kappa shape index (κ1) is 18.5. The summed E-state index contributed by atoms with van der Waals surface area (Å²) >= 11 is 1.47. The third-order valence-electron chi connectivity index (χ3n) is 3.97. The molecule has 0 bridgehead atoms. The van der Waals surface area contributed by atoms with Gasteiger partial charge in [-0.2, -0.15) is 0 Å². The summed E-state index contributed by atoms with van der Waals surface area (Å²) in [4.78, 5) is 28.7. The molecular formula is C18H23FN2O2S. The highest BCUT2D eigenvalue weighted by atomic mass is 32.1. The minimum Gasteiger partial charge on any atom is -0.340 e. The summed E-state index contributed by atoms with van der Waals surface area (Å²) in [6.07, 6.45) is 4.95. The molecule has 1 fully saturated rings. The number of allylic oxidation sites excluding steroid dienone is 3. The number of ketones is 1. The summed E-state index contributed by atoms with van der Waals surface area (Å²) in [6.45, 7) is 5.13. The summed E-state index contributed by atoms with van der Waals surface area (Å²) in [5.41, 5.74) is 0. The number of halogens is 1. The van der Waals surface area contributed by atoms with Crippen LogP contribution in [0.25, 0.3) is 0 Å². The fraction of sp³-hybridized carbons (Fsp3) is 0.444. The summed E-state index contributed by atoms with van der Waals surface area (Å²) < 4.78 is 13.5. The van der Waals surface area contributed by atoms with Gasteiger partial charge in [-0.1, -0.05) is 18.2 Å². The Balaban J connectivity index is 1.71. The average molecular weight is 350 g/mol. The second-order valence-electron chi connectivity index (χ2n) is 5.69. The number of hydrogen-bond donors (Lipinski definition) is 0. The average Bonchev–Trinajstić information content (AvgIpc) is 3.13. The fourth-order valence-corrected chi connectivity index (χ4v) is 3.25. The van der Waals surface area contributed by atoms with E-state index < -0.39 is 5.83 Å². The van der Waals surface area contributed by atoms with E-state index in [-0.39, 0.29) is 18.1 Å². The molecule has 130 valence electrons. The maximum atomic E-state index is 13.5. The number of piperazine rings is 1. The molecular weight excluding hydrogens is 327 g/mol. The van der Waals surface area contributed by atoms with Gasteiger partial charge in [0.2, 0.25) is 5.91 Å². The van der Waals surface area contributed by atoms with Crippen LogP contribution in [0.4, 0.5) is 4.39 Å². The van der Waals surface area contributed by atoms with Crippen molar-refractivity contribution in [3.05, 3.63) is 46.4 Å². The molecule has 1 aliphatic rings. The van der Waals surface area contributed by atoms with Gasteiger partial charge in [0.1, 0.15) is 5.83 Å². The van der Waals surface area contributed by atoms with Crippen molar-refractivity contribution in [2.75, 3.05) is 32.7 Å². The summed E-state index contributed by atoms with van der Waals surface area (Å²) in [7, 11) is 0. The van der Waals surface area contributed by atoms with Gasteiger partial charge in [0.15, 0.2) is 5.78 Å². The van der Waals surface area contributed by atoms with Crippen LogP contribution in [0.2, 0.25) is 0 Å². The summed E-state index contributed by atoms with van der Waals surface area (Å²) in [6, 6.07) is 3.73. The Labute approximate surface area is 146 Å². The van der Waals surface area contributed by atoms with Crippen molar-refractivity contribution >= 4 is 23.0 Å². The smallest absolute Gasteiger partial charge is 0.229 e. The van der Waals surface area contributed by atoms with Gasteiger partial charge in [-0.3, -0.25) is 14.5 Å². The van der Waals surface area contributed by atoms with Gasteiger partial charge in [0, 0.05) is 39.1 Å². The van der Waals surface area contributed by atoms with Gasteiger partial charge in [-0.15, -0.1) is 11.3 Å². The second kappa shape index (κ2) is 9.49. The van der Waals surface area contributed by atoms with Crippen LogP contribution in [-0.2, 0) is 4.79 Å². The predicted octanol–water partition coefficient (Wildman–Crippen LogP) is 3.28. The van der Waals surface area contributed by atoms with Crippen molar-refractivity contribution in [2.45, 2.75) is 19.8 Å². The molecule has 1 saturated heterocycles. The zero-order chi connectivity index (χ0) is 17.4. The second-order valence-corrected chi connectivity index (χ2v) is 6.64. The van der Waals surface area contributed by atoms with Crippen molar-refractivity contribution in [1.29, 1.82) is 0 Å². The minimum absolute atomic E-state index is 0.166. The molecule has 0 N–H and O–H groups in total. The molecule has 1 aliphatic heterocycles. The molecule has 6 heteroatoms. The number of carbonyl (C=O) groups is 2. The van der Waals surface area contributed by atoms with E-state index in [0.29, 0.717) is 26.1 Å². The van der Waals surface area contributed by atoms with Crippen LogP contribution in [0.15, 0.2) is 41.6 Å². The van der Waals surface area contributed by atoms with Crippen molar-refractivity contribution < 1.29 is 14.0 Å². The third-order valence-corrected chi connectivity index (χ3v) is 4.88. The molecule has 1 aromatic heterocycles. The van der Waals surface area contributed by atoms with E-state index in [2.05, 4.69) is 4.90 Å². The van der Waals surface area contributed by atoms with E-state index in [0.717, 1.165) is 18.0 Å². The first-order valence-electron chi connectivity index (χ1n) is 8.14. The number of Topliss-reactive ketones (excluding diaryl/α,β-unsaturated/α-hetero) is 1. The van der Waals surface area contributed by atoms with Gasteiger partial charge in [-0.05, 0) is 24.4 Å². The summed E-state index contributed by atoms with van der Waals surface area (Å²) in [5.74, 6) is -0.427. The molecule has 0 spiro atoms. The Morgan fingerprint density at radius 3 is 2.67 bits per heavy atom.